The molecule has 1 fully saturated rings. The topological polar surface area (TPSA) is 23.8 Å². The van der Waals surface area contributed by atoms with Crippen LogP contribution >= 0.6 is 0 Å². The van der Waals surface area contributed by atoms with Crippen molar-refractivity contribution in [3.05, 3.63) is 81.9 Å². The molecule has 0 spiro atoms. The summed E-state index contributed by atoms with van der Waals surface area (Å²) in [6, 6.07) is 9.70. The Hall–Kier alpha value is -3.31. The number of unbranched alkanes of at least 4 members (excludes halogenated alkanes) is 2. The van der Waals surface area contributed by atoms with Gasteiger partial charge in [-0.15, -0.1) is 0 Å². The number of rotatable bonds is 5. The van der Waals surface area contributed by atoms with Crippen LogP contribution in [0.25, 0.3) is 10.8 Å². The highest BCUT2D eigenvalue weighted by molar-refractivity contribution is 5.90. The molecule has 180 valence electrons. The number of nitriles is 1. The van der Waals surface area contributed by atoms with E-state index in [0.29, 0.717) is 11.5 Å². The molecule has 1 aliphatic rings. The fourth-order valence-electron chi connectivity index (χ4n) is 5.11. The lowest BCUT2D eigenvalue weighted by atomic mass is 9.77. The number of nitrogens with zero attached hydrogens (tertiary/aromatic N) is 1. The van der Waals surface area contributed by atoms with Crippen molar-refractivity contribution in [1.82, 2.24) is 0 Å². The summed E-state index contributed by atoms with van der Waals surface area (Å²) in [5.41, 5.74) is -0.163. The molecule has 0 heterocycles. The van der Waals surface area contributed by atoms with Crippen LogP contribution in [-0.4, -0.2) is 0 Å². The highest BCUT2D eigenvalue weighted by atomic mass is 19.1. The Labute approximate surface area is 203 Å². The first kappa shape index (κ1) is 24.8. The van der Waals surface area contributed by atoms with Gasteiger partial charge in [-0.1, -0.05) is 56.6 Å². The third-order valence-electron chi connectivity index (χ3n) is 7.10. The second-order valence-electron chi connectivity index (χ2n) is 9.38. The summed E-state index contributed by atoms with van der Waals surface area (Å²) in [5, 5.41) is 9.14. The van der Waals surface area contributed by atoms with E-state index in [4.69, 9.17) is 5.26 Å². The van der Waals surface area contributed by atoms with Gasteiger partial charge in [0, 0.05) is 16.3 Å². The van der Waals surface area contributed by atoms with Gasteiger partial charge in [0.1, 0.15) is 29.1 Å². The minimum absolute atomic E-state index is 0.0244. The van der Waals surface area contributed by atoms with Crippen LogP contribution in [0.15, 0.2) is 36.4 Å². The number of fused-ring (bicyclic) bond motifs is 1. The van der Waals surface area contributed by atoms with Crippen molar-refractivity contribution >= 4 is 10.8 Å². The van der Waals surface area contributed by atoms with Crippen molar-refractivity contribution in [3.8, 4) is 17.9 Å². The minimum atomic E-state index is -1.01. The fraction of sp³-hybridized carbons (Fsp3) is 0.367. The largest absolute Gasteiger partial charge is 0.206 e. The summed E-state index contributed by atoms with van der Waals surface area (Å²) in [5.74, 6) is 2.57. The quantitative estimate of drug-likeness (QED) is 0.205. The summed E-state index contributed by atoms with van der Waals surface area (Å²) in [4.78, 5) is 0. The molecule has 0 unspecified atom stereocenters. The molecule has 0 aliphatic heterocycles. The van der Waals surface area contributed by atoms with Gasteiger partial charge in [-0.3, -0.25) is 0 Å². The van der Waals surface area contributed by atoms with Crippen LogP contribution in [-0.2, 0) is 0 Å². The monoisotopic (exact) mass is 477 g/mol. The zero-order valence-corrected chi connectivity index (χ0v) is 19.7. The van der Waals surface area contributed by atoms with E-state index < -0.39 is 28.8 Å². The maximum Gasteiger partial charge on any atom is 0.151 e. The van der Waals surface area contributed by atoms with Gasteiger partial charge in [0.25, 0.3) is 0 Å². The zero-order chi connectivity index (χ0) is 24.9. The Morgan fingerprint density at radius 3 is 2.17 bits per heavy atom. The summed E-state index contributed by atoms with van der Waals surface area (Å²) in [7, 11) is 0. The molecule has 4 rings (SSSR count). The van der Waals surface area contributed by atoms with Crippen molar-refractivity contribution in [2.24, 2.45) is 5.92 Å². The lowest BCUT2D eigenvalue weighted by Crippen LogP contribution is -2.14. The number of halogens is 4. The molecule has 0 bridgehead atoms. The lowest BCUT2D eigenvalue weighted by molar-refractivity contribution is 0.302. The molecule has 0 saturated heterocycles. The van der Waals surface area contributed by atoms with Gasteiger partial charge in [-0.2, -0.15) is 5.26 Å². The molecule has 3 aromatic carbocycles. The standard InChI is InChI=1S/C30H27F4N/c1-2-3-4-6-19-9-11-20(12-10-19)22-15-27(31)24(28(32)16-22)14-13-21-7-5-8-23-25(21)17-29(33)26(18-35)30(23)34/h5,7-8,15-17,19-20H,2-4,6,9-12H2,1H3. The molecule has 35 heavy (non-hydrogen) atoms. The molecule has 5 heteroatoms. The molecule has 0 N–H and O–H groups in total. The first-order valence-electron chi connectivity index (χ1n) is 12.2. The zero-order valence-electron chi connectivity index (χ0n) is 19.7. The van der Waals surface area contributed by atoms with Crippen LogP contribution in [0.4, 0.5) is 17.6 Å². The smallest absolute Gasteiger partial charge is 0.151 e. The number of hydrogen-bond acceptors (Lipinski definition) is 1. The Balaban J connectivity index is 1.57. The van der Waals surface area contributed by atoms with Crippen LogP contribution in [0.3, 0.4) is 0 Å². The van der Waals surface area contributed by atoms with E-state index in [9.17, 15) is 17.6 Å². The van der Waals surface area contributed by atoms with Crippen LogP contribution in [0.1, 0.15) is 86.5 Å². The van der Waals surface area contributed by atoms with Crippen molar-refractivity contribution < 1.29 is 17.6 Å². The summed E-state index contributed by atoms with van der Waals surface area (Å²) in [6.07, 6.45) is 8.97. The SMILES string of the molecule is CCCCCC1CCC(c2cc(F)c(C#Cc3cccc4c(F)c(C#N)c(F)cc34)c(F)c2)CC1. The second kappa shape index (κ2) is 11.0. The third-order valence-corrected chi connectivity index (χ3v) is 7.10. The molecule has 0 atom stereocenters. The highest BCUT2D eigenvalue weighted by Gasteiger charge is 2.24. The van der Waals surface area contributed by atoms with Crippen molar-refractivity contribution in [3.63, 3.8) is 0 Å². The maximum atomic E-state index is 14.9. The number of benzene rings is 3. The van der Waals surface area contributed by atoms with Gasteiger partial charge in [-0.05, 0) is 67.3 Å². The molecular weight excluding hydrogens is 450 g/mol. The Morgan fingerprint density at radius 1 is 0.829 bits per heavy atom. The van der Waals surface area contributed by atoms with E-state index in [1.807, 2.05) is 0 Å². The van der Waals surface area contributed by atoms with Gasteiger partial charge in [-0.25, -0.2) is 17.6 Å². The van der Waals surface area contributed by atoms with Crippen LogP contribution in [0.5, 0.6) is 0 Å². The van der Waals surface area contributed by atoms with Crippen molar-refractivity contribution in [1.29, 1.82) is 5.26 Å². The van der Waals surface area contributed by atoms with Crippen LogP contribution < -0.4 is 0 Å². The van der Waals surface area contributed by atoms with E-state index in [1.165, 1.54) is 62.1 Å². The minimum Gasteiger partial charge on any atom is -0.206 e. The normalized spacial score (nSPS) is 17.6. The average Bonchev–Trinajstić information content (AvgIpc) is 2.84. The average molecular weight is 478 g/mol. The lowest BCUT2D eigenvalue weighted by Gasteiger charge is -2.29. The Morgan fingerprint density at radius 2 is 1.51 bits per heavy atom. The van der Waals surface area contributed by atoms with E-state index in [0.717, 1.165) is 31.7 Å². The van der Waals surface area contributed by atoms with E-state index in [-0.39, 0.29) is 27.8 Å². The van der Waals surface area contributed by atoms with Gasteiger partial charge in [0.05, 0.1) is 5.56 Å². The summed E-state index contributed by atoms with van der Waals surface area (Å²) in [6.45, 7) is 2.20. The van der Waals surface area contributed by atoms with E-state index in [2.05, 4.69) is 18.8 Å². The second-order valence-corrected chi connectivity index (χ2v) is 9.38. The predicted molar refractivity (Wildman–Crippen MR) is 130 cm³/mol. The Bertz CT molecular complexity index is 1310. The van der Waals surface area contributed by atoms with Gasteiger partial charge >= 0.3 is 0 Å². The molecule has 0 aromatic heterocycles. The van der Waals surface area contributed by atoms with Crippen molar-refractivity contribution in [2.75, 3.05) is 0 Å². The fourth-order valence-corrected chi connectivity index (χ4v) is 5.11. The van der Waals surface area contributed by atoms with Gasteiger partial charge < -0.3 is 0 Å². The van der Waals surface area contributed by atoms with Crippen LogP contribution in [0, 0.1) is 52.4 Å². The Kier molecular flexibility index (Phi) is 7.76. The molecule has 1 aliphatic carbocycles. The molecular formula is C30H27F4N. The predicted octanol–water partition coefficient (Wildman–Crippen LogP) is 8.52. The molecule has 1 saturated carbocycles. The van der Waals surface area contributed by atoms with E-state index in [1.54, 1.807) is 0 Å². The van der Waals surface area contributed by atoms with E-state index >= 15 is 0 Å². The third kappa shape index (κ3) is 5.35. The number of hydrogen-bond donors (Lipinski definition) is 0. The van der Waals surface area contributed by atoms with Crippen LogP contribution in [0.2, 0.25) is 0 Å². The first-order valence-corrected chi connectivity index (χ1v) is 12.2. The van der Waals surface area contributed by atoms with Crippen molar-refractivity contribution in [2.45, 2.75) is 64.2 Å². The first-order chi connectivity index (χ1) is 16.9. The molecule has 0 radical (unpaired) electrons. The molecule has 0 amide bonds. The summed E-state index contributed by atoms with van der Waals surface area (Å²) >= 11 is 0. The highest BCUT2D eigenvalue weighted by Crippen LogP contribution is 2.38. The maximum absolute atomic E-state index is 14.9. The molecule has 3 aromatic rings. The van der Waals surface area contributed by atoms with Gasteiger partial charge in [0.2, 0.25) is 0 Å². The van der Waals surface area contributed by atoms with Gasteiger partial charge in [0.15, 0.2) is 5.82 Å². The molecule has 1 nitrogen and oxygen atoms in total. The summed E-state index contributed by atoms with van der Waals surface area (Å²) < 4.78 is 58.4.